The van der Waals surface area contributed by atoms with E-state index >= 15 is 0 Å². The lowest BCUT2D eigenvalue weighted by Gasteiger charge is -2.16. The van der Waals surface area contributed by atoms with Crippen LogP contribution in [-0.2, 0) is 11.2 Å². The molecule has 1 aromatic rings. The van der Waals surface area contributed by atoms with Gasteiger partial charge in [-0.2, -0.15) is 0 Å². The summed E-state index contributed by atoms with van der Waals surface area (Å²) >= 11 is 3.49. The molecule has 23 heavy (non-hydrogen) atoms. The molecule has 0 fully saturated rings. The van der Waals surface area contributed by atoms with Crippen LogP contribution in [0.25, 0.3) is 0 Å². The molecular formula is C18H28BrNO3. The molecule has 0 heterocycles. The Hall–Kier alpha value is -1.23. The first kappa shape index (κ1) is 19.8. The Bertz CT molecular complexity index is 517. The fourth-order valence-corrected chi connectivity index (χ4v) is 2.90. The Morgan fingerprint density at radius 1 is 1.13 bits per heavy atom. The van der Waals surface area contributed by atoms with Crippen LogP contribution in [0, 0.1) is 5.92 Å². The molecular weight excluding hydrogens is 358 g/mol. The van der Waals surface area contributed by atoms with Crippen LogP contribution in [0.4, 0.5) is 0 Å². The predicted molar refractivity (Wildman–Crippen MR) is 97.2 cm³/mol. The number of hydrogen-bond donors (Lipinski definition) is 1. The van der Waals surface area contributed by atoms with Crippen LogP contribution in [-0.4, -0.2) is 26.2 Å². The van der Waals surface area contributed by atoms with Crippen molar-refractivity contribution in [3.63, 3.8) is 0 Å². The maximum Gasteiger partial charge on any atom is 0.224 e. The highest BCUT2D eigenvalue weighted by Gasteiger charge is 2.14. The molecule has 0 radical (unpaired) electrons. The van der Waals surface area contributed by atoms with Crippen LogP contribution in [0.15, 0.2) is 16.6 Å². The molecule has 130 valence electrons. The van der Waals surface area contributed by atoms with Crippen LogP contribution in [0.2, 0.25) is 0 Å². The average Bonchev–Trinajstić information content (AvgIpc) is 2.48. The first-order valence-electron chi connectivity index (χ1n) is 8.07. The molecule has 0 aromatic heterocycles. The molecule has 1 atom stereocenters. The monoisotopic (exact) mass is 385 g/mol. The van der Waals surface area contributed by atoms with E-state index in [1.807, 2.05) is 12.1 Å². The summed E-state index contributed by atoms with van der Waals surface area (Å²) in [6, 6.07) is 3.86. The van der Waals surface area contributed by atoms with Crippen LogP contribution < -0.4 is 14.8 Å². The zero-order chi connectivity index (χ0) is 17.4. The molecule has 5 heteroatoms. The summed E-state index contributed by atoms with van der Waals surface area (Å²) in [6.07, 6.45) is 3.66. The number of ether oxygens (including phenoxy) is 2. The quantitative estimate of drug-likeness (QED) is 0.687. The van der Waals surface area contributed by atoms with Gasteiger partial charge in [0.1, 0.15) is 0 Å². The summed E-state index contributed by atoms with van der Waals surface area (Å²) in [5.74, 6) is 2.00. The number of amides is 1. The lowest BCUT2D eigenvalue weighted by Crippen LogP contribution is -2.33. The molecule has 1 N–H and O–H groups in total. The Morgan fingerprint density at radius 2 is 1.74 bits per heavy atom. The molecule has 0 bridgehead atoms. The number of carbonyl (C=O) groups is 1. The number of halogens is 1. The summed E-state index contributed by atoms with van der Waals surface area (Å²) in [7, 11) is 3.18. The van der Waals surface area contributed by atoms with Crippen molar-refractivity contribution in [3.05, 3.63) is 22.2 Å². The minimum Gasteiger partial charge on any atom is -0.493 e. The van der Waals surface area contributed by atoms with Gasteiger partial charge in [0.05, 0.1) is 20.6 Å². The fraction of sp³-hybridized carbons (Fsp3) is 0.611. The Morgan fingerprint density at radius 3 is 2.30 bits per heavy atom. The van der Waals surface area contributed by atoms with Crippen molar-refractivity contribution in [1.29, 1.82) is 0 Å². The van der Waals surface area contributed by atoms with Crippen LogP contribution >= 0.6 is 15.9 Å². The molecule has 0 unspecified atom stereocenters. The van der Waals surface area contributed by atoms with Crippen LogP contribution in [0.5, 0.6) is 11.5 Å². The molecule has 0 aliphatic rings. The molecule has 1 rings (SSSR count). The summed E-state index contributed by atoms with van der Waals surface area (Å²) in [5, 5.41) is 3.06. The number of benzene rings is 1. The first-order valence-corrected chi connectivity index (χ1v) is 8.86. The van der Waals surface area contributed by atoms with E-state index in [4.69, 9.17) is 9.47 Å². The van der Waals surface area contributed by atoms with E-state index in [0.29, 0.717) is 23.8 Å². The molecule has 0 aliphatic carbocycles. The number of hydrogen-bond acceptors (Lipinski definition) is 3. The SMILES string of the molecule is COc1cc(Br)c(CC(=O)N[C@H](C)CCCC(C)C)cc1OC. The van der Waals surface area contributed by atoms with Gasteiger partial charge in [-0.1, -0.05) is 42.6 Å². The van der Waals surface area contributed by atoms with Crippen molar-refractivity contribution in [2.75, 3.05) is 14.2 Å². The summed E-state index contributed by atoms with van der Waals surface area (Å²) in [4.78, 5) is 12.2. The highest BCUT2D eigenvalue weighted by molar-refractivity contribution is 9.10. The summed E-state index contributed by atoms with van der Waals surface area (Å²) in [5.41, 5.74) is 0.884. The second kappa shape index (κ2) is 9.81. The average molecular weight is 386 g/mol. The largest absolute Gasteiger partial charge is 0.493 e. The molecule has 0 saturated heterocycles. The van der Waals surface area contributed by atoms with Gasteiger partial charge in [-0.3, -0.25) is 4.79 Å². The van der Waals surface area contributed by atoms with Crippen LogP contribution in [0.3, 0.4) is 0 Å². The van der Waals surface area contributed by atoms with Crippen molar-refractivity contribution < 1.29 is 14.3 Å². The van der Waals surface area contributed by atoms with E-state index < -0.39 is 0 Å². The maximum atomic E-state index is 12.2. The number of methoxy groups -OCH3 is 2. The van der Waals surface area contributed by atoms with Gasteiger partial charge < -0.3 is 14.8 Å². The molecule has 1 aromatic carbocycles. The Labute approximate surface area is 148 Å². The van der Waals surface area contributed by atoms with E-state index in [2.05, 4.69) is 42.0 Å². The van der Waals surface area contributed by atoms with Gasteiger partial charge in [-0.05, 0) is 37.0 Å². The van der Waals surface area contributed by atoms with Gasteiger partial charge in [0.25, 0.3) is 0 Å². The second-order valence-electron chi connectivity index (χ2n) is 6.27. The van der Waals surface area contributed by atoms with Gasteiger partial charge >= 0.3 is 0 Å². The fourth-order valence-electron chi connectivity index (χ4n) is 2.44. The number of rotatable bonds is 9. The first-order chi connectivity index (χ1) is 10.9. The second-order valence-corrected chi connectivity index (χ2v) is 7.12. The zero-order valence-electron chi connectivity index (χ0n) is 14.7. The van der Waals surface area contributed by atoms with E-state index in [9.17, 15) is 4.79 Å². The standard InChI is InChI=1S/C18H28BrNO3/c1-12(2)7-6-8-13(3)20-18(21)10-14-9-16(22-4)17(23-5)11-15(14)19/h9,11-13H,6-8,10H2,1-5H3,(H,20,21)/t13-/m1/s1. The van der Waals surface area contributed by atoms with Crippen molar-refractivity contribution in [2.45, 2.75) is 52.5 Å². The van der Waals surface area contributed by atoms with Gasteiger partial charge in [0.2, 0.25) is 5.91 Å². The van der Waals surface area contributed by atoms with Crippen molar-refractivity contribution in [2.24, 2.45) is 5.92 Å². The third kappa shape index (κ3) is 6.81. The molecule has 0 aliphatic heterocycles. The van der Waals surface area contributed by atoms with Crippen LogP contribution in [0.1, 0.15) is 45.6 Å². The van der Waals surface area contributed by atoms with Crippen molar-refractivity contribution in [3.8, 4) is 11.5 Å². The third-order valence-corrected chi connectivity index (χ3v) is 4.47. The maximum absolute atomic E-state index is 12.2. The van der Waals surface area contributed by atoms with E-state index in [-0.39, 0.29) is 11.9 Å². The third-order valence-electron chi connectivity index (χ3n) is 3.73. The van der Waals surface area contributed by atoms with Gasteiger partial charge in [0, 0.05) is 10.5 Å². The Kier molecular flexibility index (Phi) is 8.45. The minimum atomic E-state index is 0.0231. The van der Waals surface area contributed by atoms with Gasteiger partial charge in [-0.15, -0.1) is 0 Å². The van der Waals surface area contributed by atoms with E-state index in [0.717, 1.165) is 22.9 Å². The van der Waals surface area contributed by atoms with E-state index in [1.54, 1.807) is 14.2 Å². The molecule has 0 saturated carbocycles. The summed E-state index contributed by atoms with van der Waals surface area (Å²) in [6.45, 7) is 6.50. The topological polar surface area (TPSA) is 47.6 Å². The zero-order valence-corrected chi connectivity index (χ0v) is 16.3. The molecule has 1 amide bonds. The normalized spacial score (nSPS) is 12.1. The van der Waals surface area contributed by atoms with E-state index in [1.165, 1.54) is 6.42 Å². The number of carbonyl (C=O) groups excluding carboxylic acids is 1. The van der Waals surface area contributed by atoms with Gasteiger partial charge in [0.15, 0.2) is 11.5 Å². The molecule has 0 spiro atoms. The van der Waals surface area contributed by atoms with Gasteiger partial charge in [-0.25, -0.2) is 0 Å². The Balaban J connectivity index is 2.60. The minimum absolute atomic E-state index is 0.0231. The summed E-state index contributed by atoms with van der Waals surface area (Å²) < 4.78 is 11.4. The molecule has 4 nitrogen and oxygen atoms in total. The highest BCUT2D eigenvalue weighted by atomic mass is 79.9. The highest BCUT2D eigenvalue weighted by Crippen LogP contribution is 2.33. The smallest absolute Gasteiger partial charge is 0.224 e. The predicted octanol–water partition coefficient (Wildman–Crippen LogP) is 4.34. The number of nitrogens with one attached hydrogen (secondary N) is 1. The van der Waals surface area contributed by atoms with Crippen molar-refractivity contribution >= 4 is 21.8 Å². The van der Waals surface area contributed by atoms with Crippen molar-refractivity contribution in [1.82, 2.24) is 5.32 Å². The lowest BCUT2D eigenvalue weighted by molar-refractivity contribution is -0.121. The lowest BCUT2D eigenvalue weighted by atomic mass is 10.0.